The van der Waals surface area contributed by atoms with Crippen molar-refractivity contribution in [2.45, 2.75) is 33.1 Å². The molecule has 0 aliphatic rings. The van der Waals surface area contributed by atoms with E-state index in [0.717, 1.165) is 24.1 Å². The maximum Gasteiger partial charge on any atom is 0.224 e. The molecule has 0 bridgehead atoms. The number of nitrogens with zero attached hydrogens (tertiary/aromatic N) is 3. The quantitative estimate of drug-likeness (QED) is 0.733. The number of carbonyl (C=O) groups is 2. The SMILES string of the molecule is CCc1ccc(N(CCC(=O)N(C)CCc2ccncc2)C(C)=O)cc1. The van der Waals surface area contributed by atoms with Gasteiger partial charge in [0.1, 0.15) is 0 Å². The number of aromatic nitrogens is 1. The average Bonchev–Trinajstić information content (AvgIpc) is 2.67. The van der Waals surface area contributed by atoms with Crippen LogP contribution in [-0.2, 0) is 22.4 Å². The number of amides is 2. The summed E-state index contributed by atoms with van der Waals surface area (Å²) in [6.07, 6.45) is 5.57. The maximum atomic E-state index is 12.4. The van der Waals surface area contributed by atoms with Gasteiger partial charge in [-0.2, -0.15) is 0 Å². The topological polar surface area (TPSA) is 53.5 Å². The Hall–Kier alpha value is -2.69. The third-order valence-corrected chi connectivity index (χ3v) is 4.50. The molecule has 0 fully saturated rings. The highest BCUT2D eigenvalue weighted by Crippen LogP contribution is 2.16. The van der Waals surface area contributed by atoms with Gasteiger partial charge in [-0.3, -0.25) is 14.6 Å². The number of likely N-dealkylation sites (N-methyl/N-ethyl adjacent to an activating group) is 1. The Kier molecular flexibility index (Phi) is 7.33. The van der Waals surface area contributed by atoms with Gasteiger partial charge in [-0.05, 0) is 48.2 Å². The first-order chi connectivity index (χ1) is 12.5. The number of anilines is 1. The van der Waals surface area contributed by atoms with Gasteiger partial charge in [0.25, 0.3) is 0 Å². The molecule has 5 nitrogen and oxygen atoms in total. The van der Waals surface area contributed by atoms with Crippen molar-refractivity contribution in [3.05, 3.63) is 59.9 Å². The molecule has 26 heavy (non-hydrogen) atoms. The number of aryl methyl sites for hydroxylation is 1. The van der Waals surface area contributed by atoms with E-state index in [1.54, 1.807) is 29.2 Å². The summed E-state index contributed by atoms with van der Waals surface area (Å²) in [5, 5.41) is 0. The van der Waals surface area contributed by atoms with E-state index in [1.807, 2.05) is 36.4 Å². The Balaban J connectivity index is 1.88. The average molecular weight is 353 g/mol. The van der Waals surface area contributed by atoms with Crippen LogP contribution in [0.3, 0.4) is 0 Å². The fourth-order valence-corrected chi connectivity index (χ4v) is 2.75. The predicted octanol–water partition coefficient (Wildman–Crippen LogP) is 3.09. The van der Waals surface area contributed by atoms with Gasteiger partial charge < -0.3 is 9.80 Å². The summed E-state index contributed by atoms with van der Waals surface area (Å²) in [5.41, 5.74) is 3.21. The minimum absolute atomic E-state index is 0.0375. The molecule has 0 aliphatic heterocycles. The highest BCUT2D eigenvalue weighted by molar-refractivity contribution is 5.92. The lowest BCUT2D eigenvalue weighted by molar-refractivity contribution is -0.129. The fraction of sp³-hybridized carbons (Fsp3) is 0.381. The molecule has 1 aromatic carbocycles. The second kappa shape index (κ2) is 9.70. The van der Waals surface area contributed by atoms with Crippen molar-refractivity contribution in [3.63, 3.8) is 0 Å². The summed E-state index contributed by atoms with van der Waals surface area (Å²) in [4.78, 5) is 31.8. The highest BCUT2D eigenvalue weighted by Gasteiger charge is 2.15. The van der Waals surface area contributed by atoms with Crippen LogP contribution in [0.1, 0.15) is 31.4 Å². The van der Waals surface area contributed by atoms with Crippen molar-refractivity contribution < 1.29 is 9.59 Å². The first-order valence-electron chi connectivity index (χ1n) is 9.01. The van der Waals surface area contributed by atoms with Crippen molar-refractivity contribution in [1.82, 2.24) is 9.88 Å². The van der Waals surface area contributed by atoms with Gasteiger partial charge in [0.05, 0.1) is 0 Å². The normalized spacial score (nSPS) is 10.4. The van der Waals surface area contributed by atoms with Crippen LogP contribution in [-0.4, -0.2) is 41.8 Å². The van der Waals surface area contributed by atoms with E-state index in [2.05, 4.69) is 11.9 Å². The van der Waals surface area contributed by atoms with Gasteiger partial charge in [0.2, 0.25) is 11.8 Å². The molecule has 2 aromatic rings. The van der Waals surface area contributed by atoms with E-state index in [1.165, 1.54) is 12.5 Å². The summed E-state index contributed by atoms with van der Waals surface area (Å²) in [5.74, 6) is -0.0167. The lowest BCUT2D eigenvalue weighted by atomic mass is 10.1. The second-order valence-electron chi connectivity index (χ2n) is 6.36. The molecule has 0 radical (unpaired) electrons. The van der Waals surface area contributed by atoms with Crippen LogP contribution in [0.2, 0.25) is 0 Å². The van der Waals surface area contributed by atoms with Crippen LogP contribution in [0.25, 0.3) is 0 Å². The Morgan fingerprint density at radius 2 is 1.62 bits per heavy atom. The molecule has 0 aliphatic carbocycles. The molecular formula is C21H27N3O2. The van der Waals surface area contributed by atoms with Gasteiger partial charge in [-0.25, -0.2) is 0 Å². The van der Waals surface area contributed by atoms with Crippen molar-refractivity contribution >= 4 is 17.5 Å². The second-order valence-corrected chi connectivity index (χ2v) is 6.36. The Morgan fingerprint density at radius 3 is 2.19 bits per heavy atom. The van der Waals surface area contributed by atoms with Crippen LogP contribution in [0.15, 0.2) is 48.8 Å². The van der Waals surface area contributed by atoms with Gasteiger partial charge >= 0.3 is 0 Å². The van der Waals surface area contributed by atoms with Gasteiger partial charge in [0.15, 0.2) is 0 Å². The summed E-state index contributed by atoms with van der Waals surface area (Å²) in [7, 11) is 1.80. The molecule has 0 atom stereocenters. The molecule has 0 N–H and O–H groups in total. The molecule has 1 heterocycles. The van der Waals surface area contributed by atoms with Crippen LogP contribution in [0.4, 0.5) is 5.69 Å². The lowest BCUT2D eigenvalue weighted by Crippen LogP contribution is -2.35. The molecule has 5 heteroatoms. The van der Waals surface area contributed by atoms with Crippen molar-refractivity contribution in [2.24, 2.45) is 0 Å². The fourth-order valence-electron chi connectivity index (χ4n) is 2.75. The van der Waals surface area contributed by atoms with Crippen LogP contribution in [0.5, 0.6) is 0 Å². The Labute approximate surface area is 155 Å². The third-order valence-electron chi connectivity index (χ3n) is 4.50. The van der Waals surface area contributed by atoms with Crippen molar-refractivity contribution in [3.8, 4) is 0 Å². The van der Waals surface area contributed by atoms with E-state index >= 15 is 0 Å². The Morgan fingerprint density at radius 1 is 0.962 bits per heavy atom. The van der Waals surface area contributed by atoms with Gasteiger partial charge in [-0.15, -0.1) is 0 Å². The van der Waals surface area contributed by atoms with Crippen molar-refractivity contribution in [2.75, 3.05) is 25.0 Å². The Bertz CT molecular complexity index is 714. The molecule has 1 aromatic heterocycles. The molecule has 0 spiro atoms. The molecule has 2 rings (SSSR count). The van der Waals surface area contributed by atoms with Gasteiger partial charge in [-0.1, -0.05) is 19.1 Å². The largest absolute Gasteiger partial charge is 0.345 e. The molecular weight excluding hydrogens is 326 g/mol. The van der Waals surface area contributed by atoms with E-state index in [9.17, 15) is 9.59 Å². The number of hydrogen-bond donors (Lipinski definition) is 0. The lowest BCUT2D eigenvalue weighted by Gasteiger charge is -2.23. The zero-order valence-electron chi connectivity index (χ0n) is 15.8. The van der Waals surface area contributed by atoms with Crippen LogP contribution >= 0.6 is 0 Å². The molecule has 138 valence electrons. The zero-order chi connectivity index (χ0) is 18.9. The predicted molar refractivity (Wildman–Crippen MR) is 104 cm³/mol. The van der Waals surface area contributed by atoms with Gasteiger partial charge in [0, 0.05) is 51.6 Å². The summed E-state index contributed by atoms with van der Waals surface area (Å²) in [6, 6.07) is 11.8. The maximum absolute atomic E-state index is 12.4. The van der Waals surface area contributed by atoms with E-state index in [4.69, 9.17) is 0 Å². The number of rotatable bonds is 8. The smallest absolute Gasteiger partial charge is 0.224 e. The number of hydrogen-bond acceptors (Lipinski definition) is 3. The van der Waals surface area contributed by atoms with E-state index in [-0.39, 0.29) is 11.8 Å². The summed E-state index contributed by atoms with van der Waals surface area (Å²) >= 11 is 0. The molecule has 0 saturated heterocycles. The minimum Gasteiger partial charge on any atom is -0.345 e. The van der Waals surface area contributed by atoms with E-state index in [0.29, 0.717) is 19.5 Å². The first kappa shape index (κ1) is 19.6. The van der Waals surface area contributed by atoms with E-state index < -0.39 is 0 Å². The summed E-state index contributed by atoms with van der Waals surface area (Å²) < 4.78 is 0. The minimum atomic E-state index is -0.0542. The standard InChI is InChI=1S/C21H27N3O2/c1-4-18-5-7-20(8-6-18)24(17(2)25)16-12-21(26)23(3)15-11-19-9-13-22-14-10-19/h5-10,13-14H,4,11-12,15-16H2,1-3H3. The molecule has 2 amide bonds. The highest BCUT2D eigenvalue weighted by atomic mass is 16.2. The molecule has 0 saturated carbocycles. The monoisotopic (exact) mass is 353 g/mol. The number of carbonyl (C=O) groups excluding carboxylic acids is 2. The zero-order valence-corrected chi connectivity index (χ0v) is 15.8. The van der Waals surface area contributed by atoms with Crippen LogP contribution < -0.4 is 4.90 Å². The number of pyridine rings is 1. The molecule has 0 unspecified atom stereocenters. The van der Waals surface area contributed by atoms with Crippen LogP contribution in [0, 0.1) is 0 Å². The first-order valence-corrected chi connectivity index (χ1v) is 9.01. The summed E-state index contributed by atoms with van der Waals surface area (Å²) in [6.45, 7) is 4.66. The number of benzene rings is 1. The van der Waals surface area contributed by atoms with Crippen molar-refractivity contribution in [1.29, 1.82) is 0 Å². The third kappa shape index (κ3) is 5.69.